The molecule has 1 N–H and O–H groups in total. The van der Waals surface area contributed by atoms with E-state index >= 15 is 0 Å². The van der Waals surface area contributed by atoms with Gasteiger partial charge in [0.1, 0.15) is 11.5 Å². The van der Waals surface area contributed by atoms with Crippen molar-refractivity contribution < 1.29 is 4.79 Å². The van der Waals surface area contributed by atoms with Crippen LogP contribution in [0.2, 0.25) is 0 Å². The monoisotopic (exact) mass is 352 g/mol. The lowest BCUT2D eigenvalue weighted by atomic mass is 9.87. The van der Waals surface area contributed by atoms with E-state index in [9.17, 15) is 4.79 Å². The van der Waals surface area contributed by atoms with Crippen LogP contribution in [0.25, 0.3) is 0 Å². The first-order valence-corrected chi connectivity index (χ1v) is 9.32. The Labute approximate surface area is 155 Å². The van der Waals surface area contributed by atoms with Crippen molar-refractivity contribution in [3.63, 3.8) is 0 Å². The van der Waals surface area contributed by atoms with Gasteiger partial charge in [0, 0.05) is 18.8 Å². The SMILES string of the molecule is CC1CCCN(c2cnc(C(=O)Nc3ccc(C(C)(C)C)cc3)cn2)C1. The van der Waals surface area contributed by atoms with Gasteiger partial charge in [-0.15, -0.1) is 0 Å². The number of hydrogen-bond acceptors (Lipinski definition) is 4. The summed E-state index contributed by atoms with van der Waals surface area (Å²) in [5.41, 5.74) is 2.42. The minimum absolute atomic E-state index is 0.0931. The van der Waals surface area contributed by atoms with Gasteiger partial charge in [0.15, 0.2) is 0 Å². The van der Waals surface area contributed by atoms with Crippen LogP contribution in [0.1, 0.15) is 56.6 Å². The molecule has 5 nitrogen and oxygen atoms in total. The molecule has 5 heteroatoms. The van der Waals surface area contributed by atoms with Crippen molar-refractivity contribution in [2.75, 3.05) is 23.3 Å². The number of rotatable bonds is 3. The van der Waals surface area contributed by atoms with E-state index in [1.54, 1.807) is 12.4 Å². The van der Waals surface area contributed by atoms with E-state index in [4.69, 9.17) is 0 Å². The van der Waals surface area contributed by atoms with E-state index in [-0.39, 0.29) is 11.3 Å². The van der Waals surface area contributed by atoms with Gasteiger partial charge in [0.2, 0.25) is 0 Å². The molecular formula is C21H28N4O. The normalized spacial score (nSPS) is 17.8. The number of hydrogen-bond donors (Lipinski definition) is 1. The van der Waals surface area contributed by atoms with E-state index < -0.39 is 0 Å². The van der Waals surface area contributed by atoms with Gasteiger partial charge in [-0.2, -0.15) is 0 Å². The molecular weight excluding hydrogens is 324 g/mol. The number of aromatic nitrogens is 2. The Morgan fingerprint density at radius 3 is 2.46 bits per heavy atom. The fourth-order valence-corrected chi connectivity index (χ4v) is 3.25. The van der Waals surface area contributed by atoms with Crippen molar-refractivity contribution in [3.8, 4) is 0 Å². The minimum Gasteiger partial charge on any atom is -0.355 e. The van der Waals surface area contributed by atoms with Gasteiger partial charge in [-0.1, -0.05) is 39.8 Å². The second kappa shape index (κ2) is 7.44. The molecule has 1 aromatic carbocycles. The minimum atomic E-state index is -0.237. The van der Waals surface area contributed by atoms with Crippen molar-refractivity contribution in [3.05, 3.63) is 47.9 Å². The van der Waals surface area contributed by atoms with Crippen LogP contribution < -0.4 is 10.2 Å². The van der Waals surface area contributed by atoms with Crippen LogP contribution in [-0.4, -0.2) is 29.0 Å². The highest BCUT2D eigenvalue weighted by atomic mass is 16.1. The molecule has 2 heterocycles. The molecule has 26 heavy (non-hydrogen) atoms. The number of carbonyl (C=O) groups is 1. The van der Waals surface area contributed by atoms with Crippen LogP contribution in [0.15, 0.2) is 36.7 Å². The standard InChI is InChI=1S/C21H28N4O/c1-15-6-5-11-25(14-15)19-13-22-18(12-23-19)20(26)24-17-9-7-16(8-10-17)21(2,3)4/h7-10,12-13,15H,5-6,11,14H2,1-4H3,(H,24,26). The second-order valence-corrected chi connectivity index (χ2v) is 8.23. The first-order valence-electron chi connectivity index (χ1n) is 9.32. The Bertz CT molecular complexity index is 747. The van der Waals surface area contributed by atoms with Crippen molar-refractivity contribution in [1.29, 1.82) is 0 Å². The predicted molar refractivity (Wildman–Crippen MR) is 106 cm³/mol. The van der Waals surface area contributed by atoms with Gasteiger partial charge in [-0.25, -0.2) is 9.97 Å². The molecule has 1 aliphatic rings. The van der Waals surface area contributed by atoms with Gasteiger partial charge < -0.3 is 10.2 Å². The van der Waals surface area contributed by atoms with E-state index in [0.29, 0.717) is 11.6 Å². The highest BCUT2D eigenvalue weighted by Crippen LogP contribution is 2.24. The van der Waals surface area contributed by atoms with Crippen LogP contribution in [0.5, 0.6) is 0 Å². The first kappa shape index (κ1) is 18.4. The van der Waals surface area contributed by atoms with Gasteiger partial charge in [0.05, 0.1) is 12.4 Å². The molecule has 0 spiro atoms. The highest BCUT2D eigenvalue weighted by molar-refractivity contribution is 6.02. The molecule has 1 saturated heterocycles. The van der Waals surface area contributed by atoms with Gasteiger partial charge in [-0.05, 0) is 41.9 Å². The van der Waals surface area contributed by atoms with Crippen LogP contribution in [0, 0.1) is 5.92 Å². The quantitative estimate of drug-likeness (QED) is 0.896. The maximum atomic E-state index is 12.4. The fourth-order valence-electron chi connectivity index (χ4n) is 3.25. The number of benzene rings is 1. The molecule has 3 rings (SSSR count). The maximum Gasteiger partial charge on any atom is 0.275 e. The summed E-state index contributed by atoms with van der Waals surface area (Å²) >= 11 is 0. The van der Waals surface area contributed by atoms with Crippen molar-refractivity contribution >= 4 is 17.4 Å². The molecule has 1 aliphatic heterocycles. The molecule has 1 atom stereocenters. The van der Waals surface area contributed by atoms with E-state index in [1.807, 2.05) is 24.3 Å². The Morgan fingerprint density at radius 2 is 1.88 bits per heavy atom. The zero-order valence-electron chi connectivity index (χ0n) is 16.1. The third-order valence-corrected chi connectivity index (χ3v) is 4.86. The topological polar surface area (TPSA) is 58.1 Å². The number of nitrogens with zero attached hydrogens (tertiary/aromatic N) is 3. The van der Waals surface area contributed by atoms with Crippen LogP contribution in [0.3, 0.4) is 0 Å². The number of carbonyl (C=O) groups excluding carboxylic acids is 1. The zero-order chi connectivity index (χ0) is 18.7. The summed E-state index contributed by atoms with van der Waals surface area (Å²) in [6.07, 6.45) is 5.71. The maximum absolute atomic E-state index is 12.4. The number of piperidine rings is 1. The Hall–Kier alpha value is -2.43. The molecule has 1 fully saturated rings. The van der Waals surface area contributed by atoms with Gasteiger partial charge in [0.25, 0.3) is 5.91 Å². The zero-order valence-corrected chi connectivity index (χ0v) is 16.1. The van der Waals surface area contributed by atoms with E-state index in [2.05, 4.69) is 47.9 Å². The lowest BCUT2D eigenvalue weighted by Gasteiger charge is -2.31. The Kier molecular flexibility index (Phi) is 5.25. The van der Waals surface area contributed by atoms with Crippen LogP contribution >= 0.6 is 0 Å². The summed E-state index contributed by atoms with van der Waals surface area (Å²) in [5.74, 6) is 1.28. The molecule has 0 bridgehead atoms. The molecule has 1 aromatic heterocycles. The number of anilines is 2. The predicted octanol–water partition coefficient (Wildman–Crippen LogP) is 4.26. The lowest BCUT2D eigenvalue weighted by molar-refractivity contribution is 0.102. The third kappa shape index (κ3) is 4.40. The molecule has 0 saturated carbocycles. The molecule has 138 valence electrons. The summed E-state index contributed by atoms with van der Waals surface area (Å²) < 4.78 is 0. The summed E-state index contributed by atoms with van der Waals surface area (Å²) in [6.45, 7) is 10.8. The molecule has 0 radical (unpaired) electrons. The van der Waals surface area contributed by atoms with Crippen molar-refractivity contribution in [1.82, 2.24) is 9.97 Å². The fraction of sp³-hybridized carbons (Fsp3) is 0.476. The van der Waals surface area contributed by atoms with Gasteiger partial charge >= 0.3 is 0 Å². The van der Waals surface area contributed by atoms with Gasteiger partial charge in [-0.3, -0.25) is 4.79 Å². The van der Waals surface area contributed by atoms with E-state index in [1.165, 1.54) is 18.4 Å². The largest absolute Gasteiger partial charge is 0.355 e. The van der Waals surface area contributed by atoms with Crippen LogP contribution in [-0.2, 0) is 5.41 Å². The average Bonchev–Trinajstić information content (AvgIpc) is 2.61. The Morgan fingerprint density at radius 1 is 1.15 bits per heavy atom. The molecule has 1 unspecified atom stereocenters. The molecule has 0 aliphatic carbocycles. The smallest absolute Gasteiger partial charge is 0.275 e. The Balaban J connectivity index is 1.64. The first-order chi connectivity index (χ1) is 12.3. The lowest BCUT2D eigenvalue weighted by Crippen LogP contribution is -2.35. The van der Waals surface area contributed by atoms with Crippen molar-refractivity contribution in [2.24, 2.45) is 5.92 Å². The summed E-state index contributed by atoms with van der Waals surface area (Å²) in [6, 6.07) is 7.94. The summed E-state index contributed by atoms with van der Waals surface area (Å²) in [4.78, 5) is 23.4. The van der Waals surface area contributed by atoms with E-state index in [0.717, 1.165) is 24.6 Å². The summed E-state index contributed by atoms with van der Waals surface area (Å²) in [7, 11) is 0. The third-order valence-electron chi connectivity index (χ3n) is 4.86. The summed E-state index contributed by atoms with van der Waals surface area (Å²) in [5, 5.41) is 2.89. The molecule has 2 aromatic rings. The van der Waals surface area contributed by atoms with Crippen LogP contribution in [0.4, 0.5) is 11.5 Å². The highest BCUT2D eigenvalue weighted by Gasteiger charge is 2.18. The average molecular weight is 352 g/mol. The second-order valence-electron chi connectivity index (χ2n) is 8.23. The number of amides is 1. The van der Waals surface area contributed by atoms with Crippen molar-refractivity contribution in [2.45, 2.75) is 46.0 Å². The molecule has 1 amide bonds. The number of nitrogens with one attached hydrogen (secondary N) is 1.